The molecule has 1 heterocycles. The van der Waals surface area contributed by atoms with Crippen LogP contribution >= 0.6 is 34.5 Å². The van der Waals surface area contributed by atoms with Gasteiger partial charge in [0, 0.05) is 21.7 Å². The van der Waals surface area contributed by atoms with Crippen LogP contribution in [0.15, 0.2) is 47.8 Å². The van der Waals surface area contributed by atoms with Gasteiger partial charge in [0.1, 0.15) is 11.1 Å². The molecular weight excluding hydrogens is 421 g/mol. The van der Waals surface area contributed by atoms with E-state index in [0.29, 0.717) is 21.3 Å². The molecule has 0 radical (unpaired) electrons. The summed E-state index contributed by atoms with van der Waals surface area (Å²) in [6, 6.07) is 13.4. The summed E-state index contributed by atoms with van der Waals surface area (Å²) < 4.78 is 4.99. The Bertz CT molecular complexity index is 1070. The number of thiazole rings is 1. The van der Waals surface area contributed by atoms with Crippen LogP contribution in [0.25, 0.3) is 10.6 Å². The lowest BCUT2D eigenvalue weighted by Crippen LogP contribution is -2.21. The van der Waals surface area contributed by atoms with Crippen molar-refractivity contribution in [3.63, 3.8) is 0 Å². The van der Waals surface area contributed by atoms with E-state index in [1.54, 1.807) is 29.6 Å². The van der Waals surface area contributed by atoms with Crippen LogP contribution in [0.1, 0.15) is 16.1 Å². The molecule has 140 valence electrons. The molecule has 0 bridgehead atoms. The van der Waals surface area contributed by atoms with Gasteiger partial charge in [0.2, 0.25) is 0 Å². The highest BCUT2D eigenvalue weighted by Crippen LogP contribution is 2.25. The standard InChI is InChI=1S/C19H11Cl2N3O3S/c20-13-4-1-11(2-5-13)18-24-16(10-28-18)19(26)27-9-17(25)23-14-6-3-12(8-22)15(21)7-14/h1-7,10H,9H2,(H,23,25). The Morgan fingerprint density at radius 1 is 1.18 bits per heavy atom. The zero-order chi connectivity index (χ0) is 20.1. The average Bonchev–Trinajstić information content (AvgIpc) is 3.17. The van der Waals surface area contributed by atoms with E-state index in [1.165, 1.54) is 29.5 Å². The second-order valence-electron chi connectivity index (χ2n) is 5.48. The van der Waals surface area contributed by atoms with Crippen LogP contribution in [-0.4, -0.2) is 23.5 Å². The van der Waals surface area contributed by atoms with Gasteiger partial charge in [-0.1, -0.05) is 35.3 Å². The van der Waals surface area contributed by atoms with Gasteiger partial charge in [-0.05, 0) is 30.3 Å². The third kappa shape index (κ3) is 4.87. The lowest BCUT2D eigenvalue weighted by Gasteiger charge is -2.06. The van der Waals surface area contributed by atoms with Crippen molar-refractivity contribution < 1.29 is 14.3 Å². The number of benzene rings is 2. The van der Waals surface area contributed by atoms with Crippen molar-refractivity contribution in [1.29, 1.82) is 5.26 Å². The number of esters is 1. The molecule has 1 N–H and O–H groups in total. The molecule has 0 saturated heterocycles. The number of carbonyl (C=O) groups excluding carboxylic acids is 2. The molecule has 0 saturated carbocycles. The third-order valence-electron chi connectivity index (χ3n) is 3.51. The van der Waals surface area contributed by atoms with Gasteiger partial charge in [-0.25, -0.2) is 9.78 Å². The maximum Gasteiger partial charge on any atom is 0.358 e. The number of hydrogen-bond acceptors (Lipinski definition) is 6. The molecule has 6 nitrogen and oxygen atoms in total. The number of halogens is 2. The van der Waals surface area contributed by atoms with Crippen LogP contribution in [0.4, 0.5) is 5.69 Å². The first kappa shape index (κ1) is 19.8. The minimum Gasteiger partial charge on any atom is -0.451 e. The number of carbonyl (C=O) groups is 2. The van der Waals surface area contributed by atoms with E-state index in [-0.39, 0.29) is 10.7 Å². The molecule has 3 rings (SSSR count). The molecule has 0 aliphatic carbocycles. The second kappa shape index (κ2) is 8.85. The molecule has 0 atom stereocenters. The van der Waals surface area contributed by atoms with Crippen LogP contribution in [-0.2, 0) is 9.53 Å². The Balaban J connectivity index is 1.57. The fourth-order valence-electron chi connectivity index (χ4n) is 2.18. The number of amides is 1. The van der Waals surface area contributed by atoms with Crippen molar-refractivity contribution in [1.82, 2.24) is 4.98 Å². The highest BCUT2D eigenvalue weighted by Gasteiger charge is 2.15. The summed E-state index contributed by atoms with van der Waals surface area (Å²) in [4.78, 5) is 28.3. The number of aromatic nitrogens is 1. The van der Waals surface area contributed by atoms with Crippen LogP contribution < -0.4 is 5.32 Å². The maximum absolute atomic E-state index is 12.1. The van der Waals surface area contributed by atoms with E-state index in [4.69, 9.17) is 33.2 Å². The number of anilines is 1. The molecule has 28 heavy (non-hydrogen) atoms. The van der Waals surface area contributed by atoms with Crippen LogP contribution in [0, 0.1) is 11.3 Å². The zero-order valence-electron chi connectivity index (χ0n) is 14.1. The van der Waals surface area contributed by atoms with Crippen LogP contribution in [0.5, 0.6) is 0 Å². The molecule has 9 heteroatoms. The van der Waals surface area contributed by atoms with Crippen molar-refractivity contribution in [2.24, 2.45) is 0 Å². The predicted molar refractivity (Wildman–Crippen MR) is 108 cm³/mol. The number of rotatable bonds is 5. The summed E-state index contributed by atoms with van der Waals surface area (Å²) in [5.41, 5.74) is 1.63. The van der Waals surface area contributed by atoms with E-state index in [1.807, 2.05) is 6.07 Å². The normalized spacial score (nSPS) is 10.2. The lowest BCUT2D eigenvalue weighted by molar-refractivity contribution is -0.119. The monoisotopic (exact) mass is 431 g/mol. The Labute approximate surface area is 174 Å². The van der Waals surface area contributed by atoms with Gasteiger partial charge < -0.3 is 10.1 Å². The van der Waals surface area contributed by atoms with Gasteiger partial charge in [0.05, 0.1) is 10.6 Å². The molecular formula is C19H11Cl2N3O3S. The van der Waals surface area contributed by atoms with Gasteiger partial charge in [-0.15, -0.1) is 11.3 Å². The number of nitrogens with one attached hydrogen (secondary N) is 1. The number of ether oxygens (including phenoxy) is 1. The minimum atomic E-state index is -0.704. The predicted octanol–water partition coefficient (Wildman–Crippen LogP) is 4.78. The highest BCUT2D eigenvalue weighted by atomic mass is 35.5. The molecule has 1 amide bonds. The third-order valence-corrected chi connectivity index (χ3v) is 4.97. The number of nitriles is 1. The lowest BCUT2D eigenvalue weighted by atomic mass is 10.2. The summed E-state index contributed by atoms with van der Waals surface area (Å²) in [6.45, 7) is -0.482. The van der Waals surface area contributed by atoms with E-state index in [9.17, 15) is 9.59 Å². The first-order chi connectivity index (χ1) is 13.5. The van der Waals surface area contributed by atoms with E-state index < -0.39 is 18.5 Å². The summed E-state index contributed by atoms with van der Waals surface area (Å²) in [7, 11) is 0. The van der Waals surface area contributed by atoms with E-state index in [0.717, 1.165) is 5.56 Å². The van der Waals surface area contributed by atoms with Crippen molar-refractivity contribution in [3.8, 4) is 16.6 Å². The Morgan fingerprint density at radius 2 is 1.93 bits per heavy atom. The molecule has 0 aliphatic heterocycles. The topological polar surface area (TPSA) is 92.1 Å². The van der Waals surface area contributed by atoms with Gasteiger partial charge in [0.15, 0.2) is 12.3 Å². The van der Waals surface area contributed by atoms with Crippen molar-refractivity contribution >= 4 is 52.1 Å². The number of hydrogen-bond donors (Lipinski definition) is 1. The largest absolute Gasteiger partial charge is 0.451 e. The second-order valence-corrected chi connectivity index (χ2v) is 7.18. The zero-order valence-corrected chi connectivity index (χ0v) is 16.4. The van der Waals surface area contributed by atoms with Gasteiger partial charge >= 0.3 is 5.97 Å². The fraction of sp³-hybridized carbons (Fsp3) is 0.0526. The molecule has 3 aromatic rings. The van der Waals surface area contributed by atoms with E-state index >= 15 is 0 Å². The summed E-state index contributed by atoms with van der Waals surface area (Å²) in [5, 5.41) is 14.4. The molecule has 0 fully saturated rings. The maximum atomic E-state index is 12.1. The van der Waals surface area contributed by atoms with Crippen LogP contribution in [0.2, 0.25) is 10.0 Å². The highest BCUT2D eigenvalue weighted by molar-refractivity contribution is 7.13. The summed E-state index contributed by atoms with van der Waals surface area (Å²) in [5.74, 6) is -1.24. The Hall–Kier alpha value is -2.92. The van der Waals surface area contributed by atoms with Gasteiger partial charge in [-0.2, -0.15) is 5.26 Å². The van der Waals surface area contributed by atoms with Crippen LogP contribution in [0.3, 0.4) is 0 Å². The van der Waals surface area contributed by atoms with Crippen molar-refractivity contribution in [2.45, 2.75) is 0 Å². The minimum absolute atomic E-state index is 0.115. The first-order valence-corrected chi connectivity index (χ1v) is 9.48. The Morgan fingerprint density at radius 3 is 2.61 bits per heavy atom. The van der Waals surface area contributed by atoms with E-state index in [2.05, 4.69) is 10.3 Å². The number of nitrogens with zero attached hydrogens (tertiary/aromatic N) is 2. The fourth-order valence-corrected chi connectivity index (χ4v) is 3.32. The Kier molecular flexibility index (Phi) is 6.26. The molecule has 1 aromatic heterocycles. The van der Waals surface area contributed by atoms with Gasteiger partial charge in [0.25, 0.3) is 5.91 Å². The molecule has 0 aliphatic rings. The molecule has 0 spiro atoms. The summed E-state index contributed by atoms with van der Waals surface area (Å²) >= 11 is 13.0. The van der Waals surface area contributed by atoms with Crippen molar-refractivity contribution in [2.75, 3.05) is 11.9 Å². The SMILES string of the molecule is N#Cc1ccc(NC(=O)COC(=O)c2csc(-c3ccc(Cl)cc3)n2)cc1Cl. The quantitative estimate of drug-likeness (QED) is 0.586. The van der Waals surface area contributed by atoms with Crippen molar-refractivity contribution in [3.05, 3.63) is 69.1 Å². The summed E-state index contributed by atoms with van der Waals surface area (Å²) in [6.07, 6.45) is 0. The first-order valence-electron chi connectivity index (χ1n) is 7.84. The average molecular weight is 432 g/mol. The smallest absolute Gasteiger partial charge is 0.358 e. The molecule has 2 aromatic carbocycles. The van der Waals surface area contributed by atoms with Gasteiger partial charge in [-0.3, -0.25) is 4.79 Å². The molecule has 0 unspecified atom stereocenters.